The Hall–Kier alpha value is -2.09. The van der Waals surface area contributed by atoms with Crippen molar-refractivity contribution in [3.63, 3.8) is 0 Å². The maximum absolute atomic E-state index is 12.8. The SMILES string of the molecule is COc1cccc(NC(=O)C2(C(=O)N(C)C3CCS(=O)(=O)C3)CC2)c1. The van der Waals surface area contributed by atoms with Crippen molar-refractivity contribution in [3.8, 4) is 5.75 Å². The molecule has 1 N–H and O–H groups in total. The van der Waals surface area contributed by atoms with Crippen LogP contribution in [0, 0.1) is 5.41 Å². The first-order chi connectivity index (χ1) is 11.8. The van der Waals surface area contributed by atoms with Crippen molar-refractivity contribution in [3.05, 3.63) is 24.3 Å². The second kappa shape index (κ2) is 6.33. The van der Waals surface area contributed by atoms with E-state index in [9.17, 15) is 18.0 Å². The van der Waals surface area contributed by atoms with Crippen LogP contribution in [0.3, 0.4) is 0 Å². The molecule has 2 aliphatic rings. The normalized spacial score (nSPS) is 22.9. The van der Waals surface area contributed by atoms with Crippen molar-refractivity contribution >= 4 is 27.3 Å². The fourth-order valence-electron chi connectivity index (χ4n) is 3.20. The highest BCUT2D eigenvalue weighted by molar-refractivity contribution is 7.91. The summed E-state index contributed by atoms with van der Waals surface area (Å²) in [5.41, 5.74) is -0.515. The molecule has 0 aromatic heterocycles. The molecule has 1 aliphatic heterocycles. The quantitative estimate of drug-likeness (QED) is 0.787. The molecule has 1 saturated carbocycles. The Bertz CT molecular complexity index is 801. The minimum Gasteiger partial charge on any atom is -0.497 e. The van der Waals surface area contributed by atoms with Crippen LogP contribution < -0.4 is 10.1 Å². The number of carbonyl (C=O) groups is 2. The van der Waals surface area contributed by atoms with E-state index in [1.54, 1.807) is 31.3 Å². The van der Waals surface area contributed by atoms with Crippen LogP contribution >= 0.6 is 0 Å². The largest absolute Gasteiger partial charge is 0.497 e. The minimum atomic E-state index is -3.08. The monoisotopic (exact) mass is 366 g/mol. The second-order valence-corrected chi connectivity index (χ2v) is 8.97. The molecule has 1 atom stereocenters. The number of rotatable bonds is 5. The third-order valence-corrected chi connectivity index (χ3v) is 6.75. The number of nitrogens with one attached hydrogen (secondary N) is 1. The third-order valence-electron chi connectivity index (χ3n) is 5.00. The van der Waals surface area contributed by atoms with Gasteiger partial charge >= 0.3 is 0 Å². The molecule has 7 nitrogen and oxygen atoms in total. The van der Waals surface area contributed by atoms with E-state index >= 15 is 0 Å². The summed E-state index contributed by atoms with van der Waals surface area (Å²) < 4.78 is 28.4. The molecule has 8 heteroatoms. The number of anilines is 1. The van der Waals surface area contributed by atoms with Gasteiger partial charge in [0, 0.05) is 24.8 Å². The molecule has 25 heavy (non-hydrogen) atoms. The van der Waals surface area contributed by atoms with Gasteiger partial charge < -0.3 is 15.0 Å². The zero-order chi connectivity index (χ0) is 18.2. The van der Waals surface area contributed by atoms with E-state index in [0.717, 1.165) is 0 Å². The molecule has 2 fully saturated rings. The number of sulfone groups is 1. The average molecular weight is 366 g/mol. The Morgan fingerprint density at radius 3 is 2.60 bits per heavy atom. The Morgan fingerprint density at radius 2 is 2.04 bits per heavy atom. The van der Waals surface area contributed by atoms with Gasteiger partial charge in [-0.1, -0.05) is 6.07 Å². The number of hydrogen-bond acceptors (Lipinski definition) is 5. The van der Waals surface area contributed by atoms with Gasteiger partial charge in [-0.05, 0) is 31.4 Å². The standard InChI is InChI=1S/C17H22N2O5S/c1-19(13-6-9-25(22,23)11-13)16(21)17(7-8-17)15(20)18-12-4-3-5-14(10-12)24-2/h3-5,10,13H,6-9,11H2,1-2H3,(H,18,20). The maximum atomic E-state index is 12.8. The van der Waals surface area contributed by atoms with Gasteiger partial charge in [0.25, 0.3) is 0 Å². The maximum Gasteiger partial charge on any atom is 0.240 e. The summed E-state index contributed by atoms with van der Waals surface area (Å²) in [7, 11) is 0.0452. The Balaban J connectivity index is 1.70. The molecule has 1 saturated heterocycles. The van der Waals surface area contributed by atoms with Crippen LogP contribution in [-0.2, 0) is 19.4 Å². The van der Waals surface area contributed by atoms with Crippen molar-refractivity contribution in [2.24, 2.45) is 5.41 Å². The number of benzene rings is 1. The molecule has 1 aliphatic carbocycles. The zero-order valence-electron chi connectivity index (χ0n) is 14.3. The lowest BCUT2D eigenvalue weighted by Gasteiger charge is -2.27. The van der Waals surface area contributed by atoms with Crippen LogP contribution in [0.4, 0.5) is 5.69 Å². The molecule has 0 spiro atoms. The van der Waals surface area contributed by atoms with Crippen LogP contribution in [0.2, 0.25) is 0 Å². The molecule has 1 aromatic rings. The van der Waals surface area contributed by atoms with Gasteiger partial charge in [-0.3, -0.25) is 9.59 Å². The van der Waals surface area contributed by atoms with Crippen LogP contribution in [-0.4, -0.2) is 56.8 Å². The fraction of sp³-hybridized carbons (Fsp3) is 0.529. The van der Waals surface area contributed by atoms with Gasteiger partial charge in [-0.2, -0.15) is 0 Å². The number of methoxy groups -OCH3 is 1. The summed E-state index contributed by atoms with van der Waals surface area (Å²) in [5, 5.41) is 2.78. The number of ether oxygens (including phenoxy) is 1. The summed E-state index contributed by atoms with van der Waals surface area (Å²) in [6.07, 6.45) is 1.38. The molecule has 0 radical (unpaired) electrons. The number of carbonyl (C=O) groups excluding carboxylic acids is 2. The molecule has 136 valence electrons. The predicted octanol–water partition coefficient (Wildman–Crippen LogP) is 1.06. The summed E-state index contributed by atoms with van der Waals surface area (Å²) in [6.45, 7) is 0. The zero-order valence-corrected chi connectivity index (χ0v) is 15.1. The first-order valence-electron chi connectivity index (χ1n) is 8.21. The van der Waals surface area contributed by atoms with E-state index in [-0.39, 0.29) is 29.4 Å². The van der Waals surface area contributed by atoms with E-state index in [1.165, 1.54) is 12.0 Å². The molecule has 1 heterocycles. The molecular formula is C17H22N2O5S. The van der Waals surface area contributed by atoms with Gasteiger partial charge in [-0.15, -0.1) is 0 Å². The van der Waals surface area contributed by atoms with Gasteiger partial charge in [0.2, 0.25) is 11.8 Å². The average Bonchev–Trinajstić information content (AvgIpc) is 3.32. The van der Waals surface area contributed by atoms with Gasteiger partial charge in [-0.25, -0.2) is 8.42 Å². The number of nitrogens with zero attached hydrogens (tertiary/aromatic N) is 1. The van der Waals surface area contributed by atoms with Gasteiger partial charge in [0.1, 0.15) is 11.2 Å². The first kappa shape index (κ1) is 17.7. The van der Waals surface area contributed by atoms with Crippen molar-refractivity contribution in [1.29, 1.82) is 0 Å². The van der Waals surface area contributed by atoms with Crippen molar-refractivity contribution in [2.45, 2.75) is 25.3 Å². The highest BCUT2D eigenvalue weighted by Gasteiger charge is 2.58. The molecule has 1 unspecified atom stereocenters. The molecule has 2 amide bonds. The molecule has 3 rings (SSSR count). The summed E-state index contributed by atoms with van der Waals surface area (Å²) >= 11 is 0. The van der Waals surface area contributed by atoms with Gasteiger partial charge in [0.05, 0.1) is 18.6 Å². The smallest absolute Gasteiger partial charge is 0.240 e. The lowest BCUT2D eigenvalue weighted by molar-refractivity contribution is -0.142. The van der Waals surface area contributed by atoms with Crippen molar-refractivity contribution < 1.29 is 22.7 Å². The minimum absolute atomic E-state index is 0.0250. The van der Waals surface area contributed by atoms with Gasteiger partial charge in [0.15, 0.2) is 9.84 Å². The molecular weight excluding hydrogens is 344 g/mol. The van der Waals surface area contributed by atoms with Crippen LogP contribution in [0.25, 0.3) is 0 Å². The fourth-order valence-corrected chi connectivity index (χ4v) is 4.97. The Labute approximate surface area is 147 Å². The highest BCUT2D eigenvalue weighted by atomic mass is 32.2. The first-order valence-corrected chi connectivity index (χ1v) is 10.0. The lowest BCUT2D eigenvalue weighted by atomic mass is 10.0. The van der Waals surface area contributed by atoms with E-state index in [0.29, 0.717) is 30.7 Å². The number of amides is 2. The highest BCUT2D eigenvalue weighted by Crippen LogP contribution is 2.48. The lowest BCUT2D eigenvalue weighted by Crippen LogP contribution is -2.46. The van der Waals surface area contributed by atoms with E-state index < -0.39 is 15.3 Å². The van der Waals surface area contributed by atoms with Crippen molar-refractivity contribution in [2.75, 3.05) is 31.0 Å². The summed E-state index contributed by atoms with van der Waals surface area (Å²) in [6, 6.07) is 6.59. The van der Waals surface area contributed by atoms with Crippen molar-refractivity contribution in [1.82, 2.24) is 4.90 Å². The van der Waals surface area contributed by atoms with E-state index in [2.05, 4.69) is 5.32 Å². The Kier molecular flexibility index (Phi) is 4.49. The van der Waals surface area contributed by atoms with Crippen LogP contribution in [0.1, 0.15) is 19.3 Å². The van der Waals surface area contributed by atoms with E-state index in [1.807, 2.05) is 0 Å². The summed E-state index contributed by atoms with van der Waals surface area (Å²) in [5.74, 6) is 0.0388. The number of hydrogen-bond donors (Lipinski definition) is 1. The molecule has 0 bridgehead atoms. The Morgan fingerprint density at radius 1 is 1.32 bits per heavy atom. The third kappa shape index (κ3) is 3.49. The topological polar surface area (TPSA) is 92.8 Å². The van der Waals surface area contributed by atoms with Crippen LogP contribution in [0.5, 0.6) is 5.75 Å². The predicted molar refractivity (Wildman–Crippen MR) is 93.1 cm³/mol. The van der Waals surface area contributed by atoms with E-state index in [4.69, 9.17) is 4.74 Å². The molecule has 1 aromatic carbocycles. The summed E-state index contributed by atoms with van der Waals surface area (Å²) in [4.78, 5) is 26.9. The second-order valence-electron chi connectivity index (χ2n) is 6.74. The van der Waals surface area contributed by atoms with Crippen LogP contribution in [0.15, 0.2) is 24.3 Å².